The third-order valence-corrected chi connectivity index (χ3v) is 4.47. The van der Waals surface area contributed by atoms with Crippen LogP contribution in [0.1, 0.15) is 30.9 Å². The van der Waals surface area contributed by atoms with Gasteiger partial charge in [-0.1, -0.05) is 12.1 Å². The van der Waals surface area contributed by atoms with Gasteiger partial charge >= 0.3 is 0 Å². The molecule has 3 N–H and O–H groups in total. The summed E-state index contributed by atoms with van der Waals surface area (Å²) in [5.74, 6) is -0.294. The Hall–Kier alpha value is -0.970. The lowest BCUT2D eigenvalue weighted by Crippen LogP contribution is -2.44. The van der Waals surface area contributed by atoms with Crippen molar-refractivity contribution in [2.45, 2.75) is 37.6 Å². The Kier molecular flexibility index (Phi) is 2.88. The smallest absolute Gasteiger partial charge is 0.123 e. The Morgan fingerprint density at radius 2 is 2.11 bits per heavy atom. The van der Waals surface area contributed by atoms with Crippen LogP contribution >= 0.6 is 0 Å². The van der Waals surface area contributed by atoms with Crippen molar-refractivity contribution in [1.82, 2.24) is 0 Å². The van der Waals surface area contributed by atoms with Crippen LogP contribution in [-0.2, 0) is 4.74 Å². The molecule has 2 aliphatic rings. The number of nitrogens with two attached hydrogens (primary N) is 1. The number of hydrogen-bond acceptors (Lipinski definition) is 3. The number of aliphatic hydroxyl groups is 1. The van der Waals surface area contributed by atoms with Crippen molar-refractivity contribution in [2.75, 3.05) is 6.54 Å². The van der Waals surface area contributed by atoms with E-state index in [-0.39, 0.29) is 18.0 Å². The Morgan fingerprint density at radius 3 is 2.61 bits per heavy atom. The molecule has 0 aromatic heterocycles. The molecule has 0 spiro atoms. The predicted octanol–water partition coefficient (Wildman–Crippen LogP) is 1.76. The quantitative estimate of drug-likeness (QED) is 0.860. The number of aliphatic hydroxyl groups excluding tert-OH is 1. The lowest BCUT2D eigenvalue weighted by atomic mass is 9.68. The van der Waals surface area contributed by atoms with E-state index in [1.807, 2.05) is 0 Å². The van der Waals surface area contributed by atoms with E-state index in [4.69, 9.17) is 10.5 Å². The number of rotatable bonds is 3. The van der Waals surface area contributed by atoms with Gasteiger partial charge in [0.1, 0.15) is 5.82 Å². The maximum Gasteiger partial charge on any atom is 0.123 e. The lowest BCUT2D eigenvalue weighted by molar-refractivity contribution is -0.0264. The van der Waals surface area contributed by atoms with Crippen molar-refractivity contribution < 1.29 is 14.2 Å². The summed E-state index contributed by atoms with van der Waals surface area (Å²) >= 11 is 0. The molecule has 3 rings (SSSR count). The Labute approximate surface area is 106 Å². The zero-order chi connectivity index (χ0) is 12.8. The fraction of sp³-hybridized carbons (Fsp3) is 0.571. The van der Waals surface area contributed by atoms with Crippen LogP contribution in [-0.4, -0.2) is 23.9 Å². The van der Waals surface area contributed by atoms with Crippen LogP contribution in [0.15, 0.2) is 24.3 Å². The van der Waals surface area contributed by atoms with Gasteiger partial charge in [-0.15, -0.1) is 0 Å². The van der Waals surface area contributed by atoms with Crippen molar-refractivity contribution >= 4 is 0 Å². The van der Waals surface area contributed by atoms with Gasteiger partial charge in [0.05, 0.1) is 18.3 Å². The fourth-order valence-corrected chi connectivity index (χ4v) is 3.43. The molecule has 0 saturated carbocycles. The molecule has 2 saturated heterocycles. The normalized spacial score (nSPS) is 35.9. The SMILES string of the molecule is NCC1(C(O)c2ccc(F)cc2)CC2CCC1O2. The molecular formula is C14H18FNO2. The van der Waals surface area contributed by atoms with Crippen LogP contribution < -0.4 is 5.73 Å². The maximum absolute atomic E-state index is 12.9. The summed E-state index contributed by atoms with van der Waals surface area (Å²) in [4.78, 5) is 0. The van der Waals surface area contributed by atoms with Gasteiger partial charge in [0.2, 0.25) is 0 Å². The van der Waals surface area contributed by atoms with Crippen molar-refractivity contribution in [3.05, 3.63) is 35.6 Å². The second kappa shape index (κ2) is 4.30. The van der Waals surface area contributed by atoms with Crippen molar-refractivity contribution in [3.8, 4) is 0 Å². The van der Waals surface area contributed by atoms with Gasteiger partial charge in [-0.3, -0.25) is 0 Å². The average Bonchev–Trinajstić information content (AvgIpc) is 2.99. The van der Waals surface area contributed by atoms with E-state index in [0.717, 1.165) is 24.8 Å². The van der Waals surface area contributed by atoms with Gasteiger partial charge in [-0.25, -0.2) is 4.39 Å². The third kappa shape index (κ3) is 1.67. The first-order chi connectivity index (χ1) is 8.65. The number of benzene rings is 1. The molecule has 2 aliphatic heterocycles. The van der Waals surface area contributed by atoms with E-state index in [1.165, 1.54) is 12.1 Å². The maximum atomic E-state index is 12.9. The largest absolute Gasteiger partial charge is 0.388 e. The molecule has 1 aromatic rings. The molecule has 4 unspecified atom stereocenters. The first-order valence-electron chi connectivity index (χ1n) is 6.45. The van der Waals surface area contributed by atoms with Crippen molar-refractivity contribution in [3.63, 3.8) is 0 Å². The molecule has 18 heavy (non-hydrogen) atoms. The number of fused-ring (bicyclic) bond motifs is 2. The minimum Gasteiger partial charge on any atom is -0.388 e. The fourth-order valence-electron chi connectivity index (χ4n) is 3.43. The molecule has 0 amide bonds. The van der Waals surface area contributed by atoms with E-state index in [0.29, 0.717) is 6.54 Å². The zero-order valence-electron chi connectivity index (χ0n) is 10.2. The highest BCUT2D eigenvalue weighted by Gasteiger charge is 2.55. The summed E-state index contributed by atoms with van der Waals surface area (Å²) in [6.07, 6.45) is 2.40. The van der Waals surface area contributed by atoms with Crippen LogP contribution in [0.4, 0.5) is 4.39 Å². The Bertz CT molecular complexity index is 436. The van der Waals surface area contributed by atoms with Gasteiger partial charge in [-0.2, -0.15) is 0 Å². The zero-order valence-corrected chi connectivity index (χ0v) is 10.2. The van der Waals surface area contributed by atoms with E-state index in [2.05, 4.69) is 0 Å². The van der Waals surface area contributed by atoms with Crippen molar-refractivity contribution in [2.24, 2.45) is 11.1 Å². The highest BCUT2D eigenvalue weighted by molar-refractivity contribution is 5.23. The van der Waals surface area contributed by atoms with Crippen LogP contribution in [0.5, 0.6) is 0 Å². The lowest BCUT2D eigenvalue weighted by Gasteiger charge is -2.38. The molecule has 2 fully saturated rings. The molecule has 2 heterocycles. The molecule has 98 valence electrons. The van der Waals surface area contributed by atoms with E-state index >= 15 is 0 Å². The second-order valence-electron chi connectivity index (χ2n) is 5.42. The number of halogens is 1. The molecule has 3 nitrogen and oxygen atoms in total. The van der Waals surface area contributed by atoms with Gasteiger partial charge in [0.15, 0.2) is 0 Å². The molecule has 2 bridgehead atoms. The average molecular weight is 251 g/mol. The summed E-state index contributed by atoms with van der Waals surface area (Å²) in [7, 11) is 0. The first-order valence-corrected chi connectivity index (χ1v) is 6.45. The molecule has 0 aliphatic carbocycles. The molecule has 4 heteroatoms. The van der Waals surface area contributed by atoms with E-state index in [9.17, 15) is 9.50 Å². The molecular weight excluding hydrogens is 233 g/mol. The van der Waals surface area contributed by atoms with Crippen LogP contribution in [0.2, 0.25) is 0 Å². The summed E-state index contributed by atoms with van der Waals surface area (Å²) in [6.45, 7) is 0.396. The van der Waals surface area contributed by atoms with Crippen LogP contribution in [0.25, 0.3) is 0 Å². The predicted molar refractivity (Wildman–Crippen MR) is 65.4 cm³/mol. The summed E-state index contributed by atoms with van der Waals surface area (Å²) in [5, 5.41) is 10.6. The van der Waals surface area contributed by atoms with Gasteiger partial charge in [0, 0.05) is 12.0 Å². The number of ether oxygens (including phenoxy) is 1. The second-order valence-corrected chi connectivity index (χ2v) is 5.42. The van der Waals surface area contributed by atoms with Crippen LogP contribution in [0.3, 0.4) is 0 Å². The van der Waals surface area contributed by atoms with Gasteiger partial charge in [0.25, 0.3) is 0 Å². The van der Waals surface area contributed by atoms with Gasteiger partial charge < -0.3 is 15.6 Å². The van der Waals surface area contributed by atoms with E-state index in [1.54, 1.807) is 12.1 Å². The minimum atomic E-state index is -0.682. The van der Waals surface area contributed by atoms with E-state index < -0.39 is 11.5 Å². The minimum absolute atomic E-state index is 0.0348. The highest BCUT2D eigenvalue weighted by atomic mass is 19.1. The van der Waals surface area contributed by atoms with Crippen molar-refractivity contribution in [1.29, 1.82) is 0 Å². The number of hydrogen-bond donors (Lipinski definition) is 2. The molecule has 4 atom stereocenters. The summed E-state index contributed by atoms with van der Waals surface area (Å²) in [5.41, 5.74) is 6.23. The standard InChI is InChI=1S/C14H18FNO2/c15-10-3-1-9(2-4-10)13(17)14(8-16)7-11-5-6-12(14)18-11/h1-4,11-13,17H,5-8,16H2. The molecule has 1 aromatic carbocycles. The highest BCUT2D eigenvalue weighted by Crippen LogP contribution is 2.53. The first kappa shape index (κ1) is 12.1. The topological polar surface area (TPSA) is 55.5 Å². The Morgan fingerprint density at radius 1 is 1.39 bits per heavy atom. The summed E-state index contributed by atoms with van der Waals surface area (Å²) in [6, 6.07) is 6.00. The third-order valence-electron chi connectivity index (χ3n) is 4.47. The summed E-state index contributed by atoms with van der Waals surface area (Å²) < 4.78 is 18.8. The Balaban J connectivity index is 1.90. The van der Waals surface area contributed by atoms with Gasteiger partial charge in [-0.05, 0) is 37.0 Å². The molecule has 0 radical (unpaired) electrons. The van der Waals surface area contributed by atoms with Crippen LogP contribution in [0, 0.1) is 11.2 Å². The monoisotopic (exact) mass is 251 g/mol.